The van der Waals surface area contributed by atoms with E-state index in [1.165, 1.54) is 12.8 Å². The molecule has 0 aliphatic carbocycles. The van der Waals surface area contributed by atoms with Gasteiger partial charge in [0.25, 0.3) is 0 Å². The number of rotatable bonds is 5. The molecule has 3 aliphatic heterocycles. The van der Waals surface area contributed by atoms with Crippen molar-refractivity contribution in [3.63, 3.8) is 0 Å². The summed E-state index contributed by atoms with van der Waals surface area (Å²) < 4.78 is 11.4. The molecule has 0 saturated carbocycles. The maximum Gasteiger partial charge on any atom is 0.191 e. The summed E-state index contributed by atoms with van der Waals surface area (Å²) in [6.07, 6.45) is 4.36. The third kappa shape index (κ3) is 4.17. The van der Waals surface area contributed by atoms with Crippen molar-refractivity contribution in [1.82, 2.24) is 15.5 Å². The molecule has 0 aromatic carbocycles. The molecule has 132 valence electrons. The fourth-order valence-electron chi connectivity index (χ4n) is 4.06. The summed E-state index contributed by atoms with van der Waals surface area (Å²) in [4.78, 5) is 6.94. The Labute approximate surface area is 140 Å². The number of nitrogens with one attached hydrogen (secondary N) is 2. The van der Waals surface area contributed by atoms with Gasteiger partial charge in [0.15, 0.2) is 5.96 Å². The van der Waals surface area contributed by atoms with Crippen LogP contribution in [-0.2, 0) is 9.47 Å². The van der Waals surface area contributed by atoms with Crippen molar-refractivity contribution in [2.45, 2.75) is 57.4 Å². The number of nitrogens with zero attached hydrogens (tertiary/aromatic N) is 2. The highest BCUT2D eigenvalue weighted by molar-refractivity contribution is 5.80. The van der Waals surface area contributed by atoms with E-state index >= 15 is 0 Å². The van der Waals surface area contributed by atoms with Gasteiger partial charge in [-0.05, 0) is 25.2 Å². The third-order valence-corrected chi connectivity index (χ3v) is 5.41. The second kappa shape index (κ2) is 7.81. The monoisotopic (exact) mass is 324 g/mol. The van der Waals surface area contributed by atoms with E-state index in [2.05, 4.69) is 34.4 Å². The van der Waals surface area contributed by atoms with Crippen LogP contribution in [0.3, 0.4) is 0 Å². The van der Waals surface area contributed by atoms with E-state index < -0.39 is 0 Å². The summed E-state index contributed by atoms with van der Waals surface area (Å²) in [5.41, 5.74) is 0. The van der Waals surface area contributed by atoms with Crippen molar-refractivity contribution in [3.8, 4) is 0 Å². The van der Waals surface area contributed by atoms with Gasteiger partial charge in [0.05, 0.1) is 31.5 Å². The maximum absolute atomic E-state index is 5.92. The fourth-order valence-corrected chi connectivity index (χ4v) is 4.06. The molecular formula is C17H32N4O2. The van der Waals surface area contributed by atoms with Crippen molar-refractivity contribution in [1.29, 1.82) is 0 Å². The molecule has 3 aliphatic rings. The Morgan fingerprint density at radius 2 is 2.04 bits per heavy atom. The van der Waals surface area contributed by atoms with Crippen LogP contribution in [0, 0.1) is 5.92 Å². The SMILES string of the molecule is CN=C(NCC(C(C)C)N1CCOCC1)NC1CC2CCC1O2. The van der Waals surface area contributed by atoms with Gasteiger partial charge in [0, 0.05) is 32.7 Å². The topological polar surface area (TPSA) is 58.1 Å². The zero-order chi connectivity index (χ0) is 16.2. The first-order chi connectivity index (χ1) is 11.2. The largest absolute Gasteiger partial charge is 0.379 e. The number of aliphatic imine (C=N–C) groups is 1. The zero-order valence-electron chi connectivity index (χ0n) is 14.8. The van der Waals surface area contributed by atoms with Crippen LogP contribution < -0.4 is 10.6 Å². The Hall–Kier alpha value is -0.850. The van der Waals surface area contributed by atoms with Gasteiger partial charge in [-0.2, -0.15) is 0 Å². The van der Waals surface area contributed by atoms with Gasteiger partial charge in [0.1, 0.15) is 0 Å². The number of hydrogen-bond donors (Lipinski definition) is 2. The van der Waals surface area contributed by atoms with E-state index in [1.807, 2.05) is 7.05 Å². The normalized spacial score (nSPS) is 33.2. The van der Waals surface area contributed by atoms with Gasteiger partial charge in [-0.25, -0.2) is 0 Å². The summed E-state index contributed by atoms with van der Waals surface area (Å²) in [6, 6.07) is 0.926. The van der Waals surface area contributed by atoms with Gasteiger partial charge in [-0.15, -0.1) is 0 Å². The Bertz CT molecular complexity index is 409. The van der Waals surface area contributed by atoms with Crippen LogP contribution in [0.2, 0.25) is 0 Å². The lowest BCUT2D eigenvalue weighted by atomic mass is 9.96. The van der Waals surface area contributed by atoms with E-state index in [0.29, 0.717) is 30.2 Å². The Balaban J connectivity index is 1.49. The standard InChI is InChI=1S/C17H32N4O2/c1-12(2)15(21-6-8-22-9-7-21)11-19-17(18-3)20-14-10-13-4-5-16(14)23-13/h12-16H,4-11H2,1-3H3,(H2,18,19,20). The number of guanidine groups is 1. The zero-order valence-corrected chi connectivity index (χ0v) is 14.8. The molecule has 0 aromatic rings. The number of fused-ring (bicyclic) bond motifs is 2. The molecule has 0 aromatic heterocycles. The van der Waals surface area contributed by atoms with Crippen molar-refractivity contribution in [2.75, 3.05) is 39.9 Å². The van der Waals surface area contributed by atoms with Gasteiger partial charge < -0.3 is 20.1 Å². The summed E-state index contributed by atoms with van der Waals surface area (Å²) in [7, 11) is 1.85. The lowest BCUT2D eigenvalue weighted by Gasteiger charge is -2.37. The quantitative estimate of drug-likeness (QED) is 0.579. The molecule has 2 N–H and O–H groups in total. The second-order valence-corrected chi connectivity index (χ2v) is 7.27. The summed E-state index contributed by atoms with van der Waals surface area (Å²) in [6.45, 7) is 9.24. The van der Waals surface area contributed by atoms with E-state index in [0.717, 1.165) is 45.2 Å². The smallest absolute Gasteiger partial charge is 0.191 e. The number of morpholine rings is 1. The molecule has 23 heavy (non-hydrogen) atoms. The first kappa shape index (κ1) is 17.0. The predicted octanol–water partition coefficient (Wildman–Crippen LogP) is 0.828. The van der Waals surface area contributed by atoms with Crippen LogP contribution in [0.5, 0.6) is 0 Å². The van der Waals surface area contributed by atoms with Crippen LogP contribution in [0.15, 0.2) is 4.99 Å². The van der Waals surface area contributed by atoms with Crippen molar-refractivity contribution in [2.24, 2.45) is 10.9 Å². The van der Waals surface area contributed by atoms with Crippen molar-refractivity contribution < 1.29 is 9.47 Å². The molecule has 0 amide bonds. The molecule has 0 radical (unpaired) electrons. The van der Waals surface area contributed by atoms with Crippen LogP contribution in [0.4, 0.5) is 0 Å². The molecule has 4 unspecified atom stereocenters. The van der Waals surface area contributed by atoms with E-state index in [1.54, 1.807) is 0 Å². The molecule has 6 nitrogen and oxygen atoms in total. The molecule has 3 saturated heterocycles. The summed E-state index contributed by atoms with van der Waals surface area (Å²) >= 11 is 0. The van der Waals surface area contributed by atoms with Gasteiger partial charge in [-0.3, -0.25) is 9.89 Å². The molecule has 6 heteroatoms. The minimum Gasteiger partial charge on any atom is -0.379 e. The third-order valence-electron chi connectivity index (χ3n) is 5.41. The lowest BCUT2D eigenvalue weighted by molar-refractivity contribution is 0.00750. The van der Waals surface area contributed by atoms with Gasteiger partial charge in [-0.1, -0.05) is 13.8 Å². The first-order valence-electron chi connectivity index (χ1n) is 9.12. The fraction of sp³-hybridized carbons (Fsp3) is 0.941. The molecular weight excluding hydrogens is 292 g/mol. The molecule has 3 heterocycles. The minimum atomic E-state index is 0.374. The average Bonchev–Trinajstić information content (AvgIpc) is 3.17. The molecule has 0 spiro atoms. The van der Waals surface area contributed by atoms with Gasteiger partial charge >= 0.3 is 0 Å². The Kier molecular flexibility index (Phi) is 5.77. The average molecular weight is 324 g/mol. The Morgan fingerprint density at radius 1 is 1.26 bits per heavy atom. The van der Waals surface area contributed by atoms with E-state index in [4.69, 9.17) is 9.47 Å². The van der Waals surface area contributed by atoms with Crippen molar-refractivity contribution >= 4 is 5.96 Å². The van der Waals surface area contributed by atoms with Crippen LogP contribution in [-0.4, -0.2) is 75.0 Å². The van der Waals surface area contributed by atoms with Crippen molar-refractivity contribution in [3.05, 3.63) is 0 Å². The molecule has 3 rings (SSSR count). The minimum absolute atomic E-state index is 0.374. The predicted molar refractivity (Wildman–Crippen MR) is 91.8 cm³/mol. The number of hydrogen-bond acceptors (Lipinski definition) is 4. The maximum atomic E-state index is 5.92. The molecule has 2 bridgehead atoms. The highest BCUT2D eigenvalue weighted by Gasteiger charge is 2.41. The highest BCUT2D eigenvalue weighted by Crippen LogP contribution is 2.34. The first-order valence-corrected chi connectivity index (χ1v) is 9.12. The second-order valence-electron chi connectivity index (χ2n) is 7.27. The molecule has 4 atom stereocenters. The lowest BCUT2D eigenvalue weighted by Crippen LogP contribution is -2.54. The van der Waals surface area contributed by atoms with Crippen LogP contribution >= 0.6 is 0 Å². The molecule has 3 fully saturated rings. The van der Waals surface area contributed by atoms with Crippen LogP contribution in [0.1, 0.15) is 33.1 Å². The van der Waals surface area contributed by atoms with Gasteiger partial charge in [0.2, 0.25) is 0 Å². The summed E-state index contributed by atoms with van der Waals surface area (Å²) in [5.74, 6) is 1.51. The summed E-state index contributed by atoms with van der Waals surface area (Å²) in [5, 5.41) is 7.10. The van der Waals surface area contributed by atoms with E-state index in [9.17, 15) is 0 Å². The number of ether oxygens (including phenoxy) is 2. The van der Waals surface area contributed by atoms with E-state index in [-0.39, 0.29) is 0 Å². The highest BCUT2D eigenvalue weighted by atomic mass is 16.5. The Morgan fingerprint density at radius 3 is 2.61 bits per heavy atom. The van der Waals surface area contributed by atoms with Crippen LogP contribution in [0.25, 0.3) is 0 Å².